The molecule has 0 spiro atoms. The van der Waals surface area contributed by atoms with Gasteiger partial charge in [0.2, 0.25) is 5.28 Å². The summed E-state index contributed by atoms with van der Waals surface area (Å²) in [5.41, 5.74) is 7.54. The number of nitrogens with zero attached hydrogens (tertiary/aromatic N) is 2. The van der Waals surface area contributed by atoms with Crippen molar-refractivity contribution in [2.45, 2.75) is 0 Å². The van der Waals surface area contributed by atoms with E-state index in [4.69, 9.17) is 11.6 Å². The fourth-order valence-electron chi connectivity index (χ4n) is 4.10. The van der Waals surface area contributed by atoms with Crippen LogP contribution in [0.5, 0.6) is 0 Å². The first-order chi connectivity index (χ1) is 15.8. The van der Waals surface area contributed by atoms with Gasteiger partial charge in [-0.15, -0.1) is 11.3 Å². The summed E-state index contributed by atoms with van der Waals surface area (Å²) in [7, 11) is 0. The van der Waals surface area contributed by atoms with E-state index in [1.54, 1.807) is 11.3 Å². The molecule has 0 fully saturated rings. The topological polar surface area (TPSA) is 25.8 Å². The molecule has 6 aromatic rings. The zero-order valence-corrected chi connectivity index (χ0v) is 18.6. The van der Waals surface area contributed by atoms with Crippen molar-refractivity contribution < 1.29 is 0 Å². The smallest absolute Gasteiger partial charge is 0.216 e. The van der Waals surface area contributed by atoms with E-state index in [9.17, 15) is 0 Å². The van der Waals surface area contributed by atoms with Crippen LogP contribution in [-0.2, 0) is 0 Å². The Morgan fingerprint density at radius 3 is 1.91 bits per heavy atom. The molecule has 32 heavy (non-hydrogen) atoms. The number of thiophene rings is 1. The van der Waals surface area contributed by atoms with Crippen LogP contribution < -0.4 is 0 Å². The van der Waals surface area contributed by atoms with Crippen LogP contribution in [0.3, 0.4) is 0 Å². The van der Waals surface area contributed by atoms with E-state index in [0.29, 0.717) is 0 Å². The summed E-state index contributed by atoms with van der Waals surface area (Å²) in [5, 5.41) is 1.37. The summed E-state index contributed by atoms with van der Waals surface area (Å²) in [6.07, 6.45) is 0. The van der Waals surface area contributed by atoms with Crippen LogP contribution in [0.2, 0.25) is 5.28 Å². The Bertz CT molecular complexity index is 1570. The normalized spacial score (nSPS) is 11.3. The van der Waals surface area contributed by atoms with Crippen molar-refractivity contribution in [1.82, 2.24) is 9.97 Å². The van der Waals surface area contributed by atoms with Gasteiger partial charge >= 0.3 is 0 Å². The minimum atomic E-state index is 0.268. The Morgan fingerprint density at radius 1 is 0.562 bits per heavy atom. The SMILES string of the molecule is Clc1nc(-c2cccc(-c3ccccc3)c2)c2sc3cc(-c4ccccc4)ccc3c2n1. The first kappa shape index (κ1) is 19.2. The lowest BCUT2D eigenvalue weighted by Gasteiger charge is -2.07. The molecule has 0 aliphatic carbocycles. The summed E-state index contributed by atoms with van der Waals surface area (Å²) >= 11 is 8.12. The molecule has 0 aliphatic rings. The van der Waals surface area contributed by atoms with Crippen molar-refractivity contribution in [3.05, 3.63) is 108 Å². The highest BCUT2D eigenvalue weighted by Gasteiger charge is 2.16. The van der Waals surface area contributed by atoms with Crippen LogP contribution in [0.4, 0.5) is 0 Å². The molecule has 4 heteroatoms. The summed E-state index contributed by atoms with van der Waals surface area (Å²) in [6, 6.07) is 35.8. The molecule has 0 radical (unpaired) electrons. The molecule has 0 saturated carbocycles. The van der Waals surface area contributed by atoms with Gasteiger partial charge < -0.3 is 0 Å². The number of hydrogen-bond acceptors (Lipinski definition) is 3. The third-order valence-corrected chi connectivity index (χ3v) is 6.95. The number of aromatic nitrogens is 2. The lowest BCUT2D eigenvalue weighted by molar-refractivity contribution is 1.24. The fourth-order valence-corrected chi connectivity index (χ4v) is 5.46. The molecule has 0 N–H and O–H groups in total. The van der Waals surface area contributed by atoms with Crippen LogP contribution in [0.25, 0.3) is 53.8 Å². The predicted octanol–water partition coefficient (Wildman–Crippen LogP) is 8.50. The third kappa shape index (κ3) is 3.36. The molecule has 4 aromatic carbocycles. The van der Waals surface area contributed by atoms with E-state index in [1.165, 1.54) is 21.4 Å². The maximum Gasteiger partial charge on any atom is 0.223 e. The van der Waals surface area contributed by atoms with Gasteiger partial charge in [0.05, 0.1) is 15.9 Å². The second kappa shape index (κ2) is 7.86. The summed E-state index contributed by atoms with van der Waals surface area (Å²) in [4.78, 5) is 9.24. The van der Waals surface area contributed by atoms with Gasteiger partial charge in [-0.05, 0) is 46.0 Å². The minimum Gasteiger partial charge on any atom is -0.216 e. The van der Waals surface area contributed by atoms with Crippen molar-refractivity contribution in [1.29, 1.82) is 0 Å². The van der Waals surface area contributed by atoms with Crippen LogP contribution in [-0.4, -0.2) is 9.97 Å². The number of hydrogen-bond donors (Lipinski definition) is 0. The molecule has 2 nitrogen and oxygen atoms in total. The Hall–Kier alpha value is -3.53. The number of benzene rings is 4. The van der Waals surface area contributed by atoms with Crippen molar-refractivity contribution in [3.8, 4) is 33.5 Å². The monoisotopic (exact) mass is 448 g/mol. The largest absolute Gasteiger partial charge is 0.223 e. The van der Waals surface area contributed by atoms with Gasteiger partial charge in [0.25, 0.3) is 0 Å². The van der Waals surface area contributed by atoms with E-state index >= 15 is 0 Å². The number of rotatable bonds is 3. The van der Waals surface area contributed by atoms with Gasteiger partial charge in [0, 0.05) is 15.6 Å². The standard InChI is InChI=1S/C28H17ClN2S/c29-28-30-25(22-13-7-12-20(16-22)18-8-3-1-4-9-18)27-26(31-28)23-15-14-21(17-24(23)32-27)19-10-5-2-6-11-19/h1-17H. The van der Waals surface area contributed by atoms with Crippen LogP contribution >= 0.6 is 22.9 Å². The summed E-state index contributed by atoms with van der Waals surface area (Å²) in [5.74, 6) is 0. The first-order valence-corrected chi connectivity index (χ1v) is 11.6. The molecule has 0 atom stereocenters. The van der Waals surface area contributed by atoms with Gasteiger partial charge in [-0.2, -0.15) is 0 Å². The van der Waals surface area contributed by atoms with E-state index in [2.05, 4.69) is 101 Å². The maximum absolute atomic E-state index is 6.40. The number of fused-ring (bicyclic) bond motifs is 3. The van der Waals surface area contributed by atoms with Crippen LogP contribution in [0, 0.1) is 0 Å². The number of halogens is 1. The average Bonchev–Trinajstić information content (AvgIpc) is 3.22. The molecule has 0 amide bonds. The maximum atomic E-state index is 6.40. The van der Waals surface area contributed by atoms with Crippen molar-refractivity contribution in [2.75, 3.05) is 0 Å². The quantitative estimate of drug-likeness (QED) is 0.253. The van der Waals surface area contributed by atoms with Gasteiger partial charge in [-0.3, -0.25) is 0 Å². The Kier molecular flexibility index (Phi) is 4.71. The van der Waals surface area contributed by atoms with Gasteiger partial charge in [0.1, 0.15) is 0 Å². The van der Waals surface area contributed by atoms with Crippen molar-refractivity contribution >= 4 is 43.2 Å². The van der Waals surface area contributed by atoms with Gasteiger partial charge in [0.15, 0.2) is 0 Å². The van der Waals surface area contributed by atoms with E-state index < -0.39 is 0 Å². The average molecular weight is 449 g/mol. The first-order valence-electron chi connectivity index (χ1n) is 10.4. The highest BCUT2D eigenvalue weighted by molar-refractivity contribution is 7.26. The molecule has 0 saturated heterocycles. The van der Waals surface area contributed by atoms with Gasteiger partial charge in [-0.25, -0.2) is 9.97 Å². The third-order valence-electron chi connectivity index (χ3n) is 5.64. The zero-order chi connectivity index (χ0) is 21.5. The fraction of sp³-hybridized carbons (Fsp3) is 0. The van der Waals surface area contributed by atoms with Crippen molar-refractivity contribution in [3.63, 3.8) is 0 Å². The minimum absolute atomic E-state index is 0.268. The van der Waals surface area contributed by atoms with E-state index in [-0.39, 0.29) is 5.28 Å². The second-order valence-electron chi connectivity index (χ2n) is 7.64. The molecular weight excluding hydrogens is 432 g/mol. The molecule has 0 unspecified atom stereocenters. The lowest BCUT2D eigenvalue weighted by atomic mass is 10.0. The predicted molar refractivity (Wildman–Crippen MR) is 136 cm³/mol. The molecule has 2 aromatic heterocycles. The highest BCUT2D eigenvalue weighted by Crippen LogP contribution is 2.40. The molecule has 2 heterocycles. The molecule has 6 rings (SSSR count). The van der Waals surface area contributed by atoms with Crippen LogP contribution in [0.15, 0.2) is 103 Å². The molecule has 0 bridgehead atoms. The van der Waals surface area contributed by atoms with E-state index in [0.717, 1.165) is 32.4 Å². The second-order valence-corrected chi connectivity index (χ2v) is 9.04. The lowest BCUT2D eigenvalue weighted by Crippen LogP contribution is -1.89. The molecular formula is C28H17ClN2S. The summed E-state index contributed by atoms with van der Waals surface area (Å²) in [6.45, 7) is 0. The van der Waals surface area contributed by atoms with Gasteiger partial charge in [-0.1, -0.05) is 91.0 Å². The Labute approximate surface area is 194 Å². The summed E-state index contributed by atoms with van der Waals surface area (Å²) < 4.78 is 2.23. The molecule has 0 aliphatic heterocycles. The highest BCUT2D eigenvalue weighted by atomic mass is 35.5. The zero-order valence-electron chi connectivity index (χ0n) is 17.0. The Balaban J connectivity index is 1.55. The Morgan fingerprint density at radius 2 is 1.19 bits per heavy atom. The van der Waals surface area contributed by atoms with Crippen LogP contribution in [0.1, 0.15) is 0 Å². The van der Waals surface area contributed by atoms with Crippen molar-refractivity contribution in [2.24, 2.45) is 0 Å². The van der Waals surface area contributed by atoms with E-state index in [1.807, 2.05) is 12.1 Å². The molecule has 152 valence electrons.